The average Bonchev–Trinajstić information content (AvgIpc) is 2.97. The van der Waals surface area contributed by atoms with Gasteiger partial charge in [-0.3, -0.25) is 4.79 Å². The maximum Gasteiger partial charge on any atom is 0.143 e. The Morgan fingerprint density at radius 3 is 2.15 bits per heavy atom. The number of aryl methyl sites for hydroxylation is 1. The predicted molar refractivity (Wildman–Crippen MR) is 195 cm³/mol. The summed E-state index contributed by atoms with van der Waals surface area (Å²) in [6, 6.07) is 13.4. The van der Waals surface area contributed by atoms with Gasteiger partial charge in [0, 0.05) is 26.6 Å². The summed E-state index contributed by atoms with van der Waals surface area (Å²) >= 11 is 2.18. The second kappa shape index (κ2) is 11.8. The Hall–Kier alpha value is -2.72. The SMILES string of the molecule is COc1ccc(N2c3cc(C)c(/C=C/C4=C(SC56CC7CC(CC(C7)C5)C6)C(=C/C=O)/CC(C)(C)C4)cc3C(C)CC2(C)C)cc1. The second-order valence-electron chi connectivity index (χ2n) is 17.0. The van der Waals surface area contributed by atoms with Crippen molar-refractivity contribution in [3.05, 3.63) is 81.3 Å². The molecule has 4 bridgehead atoms. The van der Waals surface area contributed by atoms with E-state index in [0.717, 1.165) is 49.1 Å². The summed E-state index contributed by atoms with van der Waals surface area (Å²) in [5.74, 6) is 4.10. The molecule has 0 spiro atoms. The first-order chi connectivity index (χ1) is 21.9. The third-order valence-electron chi connectivity index (χ3n) is 11.9. The zero-order valence-electron chi connectivity index (χ0n) is 29.1. The van der Waals surface area contributed by atoms with Crippen molar-refractivity contribution < 1.29 is 9.53 Å². The van der Waals surface area contributed by atoms with Crippen LogP contribution in [0, 0.1) is 30.1 Å². The number of hydrogen-bond acceptors (Lipinski definition) is 4. The van der Waals surface area contributed by atoms with Gasteiger partial charge >= 0.3 is 0 Å². The number of allylic oxidation sites excluding steroid dienone is 4. The number of hydrogen-bond donors (Lipinski definition) is 0. The molecule has 4 heteroatoms. The monoisotopic (exact) mass is 635 g/mol. The van der Waals surface area contributed by atoms with Gasteiger partial charge in [0.25, 0.3) is 0 Å². The van der Waals surface area contributed by atoms with E-state index in [1.54, 1.807) is 7.11 Å². The molecule has 8 rings (SSSR count). The Morgan fingerprint density at radius 1 is 0.891 bits per heavy atom. The van der Waals surface area contributed by atoms with Crippen LogP contribution in [0.1, 0.15) is 115 Å². The predicted octanol–water partition coefficient (Wildman–Crippen LogP) is 11.3. The summed E-state index contributed by atoms with van der Waals surface area (Å²) < 4.78 is 5.83. The number of fused-ring (bicyclic) bond motifs is 1. The maximum absolute atomic E-state index is 12.0. The Kier molecular flexibility index (Phi) is 8.14. The molecule has 5 aliphatic carbocycles. The lowest BCUT2D eigenvalue weighted by molar-refractivity contribution is -0.104. The third-order valence-corrected chi connectivity index (χ3v) is 13.5. The van der Waals surface area contributed by atoms with Crippen molar-refractivity contribution in [2.24, 2.45) is 23.2 Å². The van der Waals surface area contributed by atoms with Gasteiger partial charge in [-0.2, -0.15) is 0 Å². The zero-order valence-corrected chi connectivity index (χ0v) is 29.9. The number of anilines is 2. The van der Waals surface area contributed by atoms with Crippen molar-refractivity contribution >= 4 is 35.5 Å². The van der Waals surface area contributed by atoms with Gasteiger partial charge in [-0.05, 0) is 178 Å². The molecule has 4 saturated carbocycles. The molecular weight excluding hydrogens is 583 g/mol. The van der Waals surface area contributed by atoms with Crippen LogP contribution < -0.4 is 9.64 Å². The van der Waals surface area contributed by atoms with Gasteiger partial charge in [-0.15, -0.1) is 11.8 Å². The molecular formula is C42H53NO2S. The number of benzene rings is 2. The van der Waals surface area contributed by atoms with Crippen molar-refractivity contribution in [2.45, 2.75) is 116 Å². The number of carbonyl (C=O) groups excluding carboxylic acids is 1. The van der Waals surface area contributed by atoms with Gasteiger partial charge in [0.2, 0.25) is 0 Å². The van der Waals surface area contributed by atoms with E-state index in [0.29, 0.717) is 10.7 Å². The van der Waals surface area contributed by atoms with E-state index in [1.165, 1.54) is 82.6 Å². The summed E-state index contributed by atoms with van der Waals surface area (Å²) in [7, 11) is 1.73. The first-order valence-corrected chi connectivity index (χ1v) is 18.5. The van der Waals surface area contributed by atoms with Crippen LogP contribution >= 0.6 is 11.8 Å². The van der Waals surface area contributed by atoms with Crippen LogP contribution in [-0.2, 0) is 4.79 Å². The molecule has 0 N–H and O–H groups in total. The number of methoxy groups -OCH3 is 1. The van der Waals surface area contributed by atoms with Crippen LogP contribution in [0.15, 0.2) is 64.6 Å². The zero-order chi connectivity index (χ0) is 32.4. The Balaban J connectivity index is 1.27. The van der Waals surface area contributed by atoms with Crippen LogP contribution in [0.5, 0.6) is 5.75 Å². The minimum absolute atomic E-state index is 0.00596. The molecule has 4 fully saturated rings. The molecule has 0 aromatic heterocycles. The quantitative estimate of drug-likeness (QED) is 0.224. The van der Waals surface area contributed by atoms with E-state index in [-0.39, 0.29) is 11.0 Å². The smallest absolute Gasteiger partial charge is 0.143 e. The van der Waals surface area contributed by atoms with Crippen molar-refractivity contribution in [3.8, 4) is 5.75 Å². The number of nitrogens with zero attached hydrogens (tertiary/aromatic N) is 1. The number of aldehydes is 1. The van der Waals surface area contributed by atoms with Gasteiger partial charge in [-0.1, -0.05) is 32.9 Å². The number of rotatable bonds is 7. The van der Waals surface area contributed by atoms with Crippen LogP contribution in [0.4, 0.5) is 11.4 Å². The van der Waals surface area contributed by atoms with E-state index in [1.807, 2.05) is 6.08 Å². The second-order valence-corrected chi connectivity index (χ2v) is 18.4. The van der Waals surface area contributed by atoms with E-state index in [4.69, 9.17) is 4.74 Å². The molecule has 0 saturated heterocycles. The summed E-state index contributed by atoms with van der Waals surface area (Å²) in [5.41, 5.74) is 9.36. The molecule has 1 aliphatic heterocycles. The van der Waals surface area contributed by atoms with Gasteiger partial charge in [0.1, 0.15) is 12.0 Å². The summed E-state index contributed by atoms with van der Waals surface area (Å²) in [4.78, 5) is 15.9. The Morgan fingerprint density at radius 2 is 1.54 bits per heavy atom. The van der Waals surface area contributed by atoms with E-state index in [2.05, 4.69) is 107 Å². The van der Waals surface area contributed by atoms with Crippen LogP contribution in [0.2, 0.25) is 0 Å². The van der Waals surface area contributed by atoms with Crippen LogP contribution in [-0.4, -0.2) is 23.7 Å². The molecule has 46 heavy (non-hydrogen) atoms. The number of ether oxygens (including phenoxy) is 1. The standard InChI is InChI=1S/C42H53NO2S/c1-27-16-38-37(28(2)21-41(5,6)43(38)35-10-12-36(45-7)13-11-35)20-32(27)8-9-33-25-40(3,4)26-34(14-15-44)39(33)46-42-22-29-17-30(23-42)19-31(18-29)24-42/h8-16,20,28-31H,17-19,21-26H2,1-7H3/b9-8+,34-14+. The highest BCUT2D eigenvalue weighted by Gasteiger charge is 2.52. The normalized spacial score (nSPS) is 31.9. The van der Waals surface area contributed by atoms with Crippen molar-refractivity contribution in [3.63, 3.8) is 0 Å². The average molecular weight is 636 g/mol. The fraction of sp³-hybridized carbons (Fsp3) is 0.548. The van der Waals surface area contributed by atoms with Crippen molar-refractivity contribution in [2.75, 3.05) is 12.0 Å². The molecule has 6 aliphatic rings. The fourth-order valence-electron chi connectivity index (χ4n) is 10.5. The highest BCUT2D eigenvalue weighted by molar-refractivity contribution is 8.04. The first-order valence-electron chi connectivity index (χ1n) is 17.7. The highest BCUT2D eigenvalue weighted by atomic mass is 32.2. The number of carbonyl (C=O) groups is 1. The van der Waals surface area contributed by atoms with Crippen LogP contribution in [0.3, 0.4) is 0 Å². The van der Waals surface area contributed by atoms with Crippen LogP contribution in [0.25, 0.3) is 6.08 Å². The molecule has 0 radical (unpaired) electrons. The molecule has 2 aromatic carbocycles. The first kappa shape index (κ1) is 31.9. The largest absolute Gasteiger partial charge is 0.497 e. The van der Waals surface area contributed by atoms with Gasteiger partial charge < -0.3 is 9.64 Å². The molecule has 2 aromatic rings. The molecule has 1 atom stereocenters. The van der Waals surface area contributed by atoms with E-state index in [9.17, 15) is 4.79 Å². The van der Waals surface area contributed by atoms with E-state index >= 15 is 0 Å². The molecule has 244 valence electrons. The number of thioether (sulfide) groups is 1. The molecule has 0 amide bonds. The lowest BCUT2D eigenvalue weighted by Crippen LogP contribution is -2.48. The summed E-state index contributed by atoms with van der Waals surface area (Å²) in [6.45, 7) is 14.1. The lowest BCUT2D eigenvalue weighted by Gasteiger charge is -2.57. The van der Waals surface area contributed by atoms with Gasteiger partial charge in [-0.25, -0.2) is 0 Å². The van der Waals surface area contributed by atoms with Crippen molar-refractivity contribution in [1.82, 2.24) is 0 Å². The van der Waals surface area contributed by atoms with Gasteiger partial charge in [0.05, 0.1) is 7.11 Å². The van der Waals surface area contributed by atoms with Gasteiger partial charge in [0.15, 0.2) is 0 Å². The fourth-order valence-corrected chi connectivity index (χ4v) is 12.4. The minimum atomic E-state index is -0.00596. The minimum Gasteiger partial charge on any atom is -0.497 e. The molecule has 1 unspecified atom stereocenters. The third kappa shape index (κ3) is 5.93. The summed E-state index contributed by atoms with van der Waals surface area (Å²) in [5, 5.41) is 0. The topological polar surface area (TPSA) is 29.5 Å². The molecule has 3 nitrogen and oxygen atoms in total. The lowest BCUT2D eigenvalue weighted by atomic mass is 9.56. The Bertz CT molecular complexity index is 1570. The molecule has 1 heterocycles. The van der Waals surface area contributed by atoms with Crippen molar-refractivity contribution in [1.29, 1.82) is 0 Å². The maximum atomic E-state index is 12.0. The highest BCUT2D eigenvalue weighted by Crippen LogP contribution is 2.64. The Labute approximate surface area is 281 Å². The summed E-state index contributed by atoms with van der Waals surface area (Å²) in [6.07, 6.45) is 19.3. The van der Waals surface area contributed by atoms with E-state index < -0.39 is 0 Å².